The standard InChI is InChI=1S/C14H18N2O6/c1-21-11(14(19)20)6-15-13(18)9-5-12(17)16(7-9)8-10-3-2-4-22-10/h2-4,9,11H,5-8H2,1H3,(H,15,18)(H,19,20). The molecular weight excluding hydrogens is 292 g/mol. The van der Waals surface area contributed by atoms with Crippen LogP contribution in [0.2, 0.25) is 0 Å². The minimum Gasteiger partial charge on any atom is -0.479 e. The Labute approximate surface area is 127 Å². The fourth-order valence-electron chi connectivity index (χ4n) is 2.30. The summed E-state index contributed by atoms with van der Waals surface area (Å²) in [6, 6.07) is 3.49. The van der Waals surface area contributed by atoms with Gasteiger partial charge in [-0.25, -0.2) is 4.79 Å². The number of likely N-dealkylation sites (tertiary alicyclic amines) is 1. The number of ether oxygens (including phenoxy) is 1. The lowest BCUT2D eigenvalue weighted by atomic mass is 10.1. The van der Waals surface area contributed by atoms with Crippen LogP contribution < -0.4 is 5.32 Å². The summed E-state index contributed by atoms with van der Waals surface area (Å²) >= 11 is 0. The Morgan fingerprint density at radius 3 is 2.95 bits per heavy atom. The number of furan rings is 1. The minimum atomic E-state index is -1.15. The molecule has 2 amide bonds. The van der Waals surface area contributed by atoms with Gasteiger partial charge >= 0.3 is 5.97 Å². The van der Waals surface area contributed by atoms with Crippen LogP contribution in [0.15, 0.2) is 22.8 Å². The lowest BCUT2D eigenvalue weighted by Gasteiger charge is -2.16. The third-order valence-electron chi connectivity index (χ3n) is 3.53. The van der Waals surface area contributed by atoms with Gasteiger partial charge in [-0.05, 0) is 12.1 Å². The maximum atomic E-state index is 12.0. The van der Waals surface area contributed by atoms with Gasteiger partial charge in [-0.15, -0.1) is 0 Å². The first kappa shape index (κ1) is 16.0. The van der Waals surface area contributed by atoms with Gasteiger partial charge in [0, 0.05) is 20.1 Å². The van der Waals surface area contributed by atoms with Crippen molar-refractivity contribution in [2.24, 2.45) is 5.92 Å². The number of hydrogen-bond donors (Lipinski definition) is 2. The SMILES string of the molecule is COC(CNC(=O)C1CC(=O)N(Cc2ccco2)C1)C(=O)O. The predicted octanol–water partition coefficient (Wildman–Crippen LogP) is -0.156. The van der Waals surface area contributed by atoms with Crippen molar-refractivity contribution in [3.63, 3.8) is 0 Å². The Bertz CT molecular complexity index is 542. The van der Waals surface area contributed by atoms with E-state index in [1.165, 1.54) is 13.4 Å². The van der Waals surface area contributed by atoms with Crippen molar-refractivity contribution in [2.75, 3.05) is 20.2 Å². The van der Waals surface area contributed by atoms with Crippen LogP contribution in [0, 0.1) is 5.92 Å². The van der Waals surface area contributed by atoms with Gasteiger partial charge in [0.25, 0.3) is 0 Å². The summed E-state index contributed by atoms with van der Waals surface area (Å²) in [4.78, 5) is 36.3. The first-order chi connectivity index (χ1) is 10.5. The highest BCUT2D eigenvalue weighted by Crippen LogP contribution is 2.20. The summed E-state index contributed by atoms with van der Waals surface area (Å²) in [5, 5.41) is 11.3. The molecule has 2 N–H and O–H groups in total. The van der Waals surface area contributed by atoms with Crippen molar-refractivity contribution in [3.05, 3.63) is 24.2 Å². The third kappa shape index (κ3) is 3.85. The normalized spacial score (nSPS) is 19.2. The number of nitrogens with one attached hydrogen (secondary N) is 1. The molecule has 2 atom stereocenters. The zero-order chi connectivity index (χ0) is 16.1. The molecule has 0 saturated carbocycles. The van der Waals surface area contributed by atoms with E-state index in [1.807, 2.05) is 0 Å². The molecule has 8 heteroatoms. The number of hydrogen-bond acceptors (Lipinski definition) is 5. The van der Waals surface area contributed by atoms with E-state index in [1.54, 1.807) is 17.0 Å². The molecule has 1 aromatic rings. The molecule has 2 rings (SSSR count). The quantitative estimate of drug-likeness (QED) is 0.724. The van der Waals surface area contributed by atoms with Crippen molar-refractivity contribution in [2.45, 2.75) is 19.1 Å². The molecule has 120 valence electrons. The van der Waals surface area contributed by atoms with E-state index in [2.05, 4.69) is 5.32 Å². The Morgan fingerprint density at radius 2 is 2.36 bits per heavy atom. The van der Waals surface area contributed by atoms with E-state index in [4.69, 9.17) is 14.3 Å². The summed E-state index contributed by atoms with van der Waals surface area (Å²) in [7, 11) is 1.26. The van der Waals surface area contributed by atoms with Gasteiger partial charge in [0.2, 0.25) is 11.8 Å². The molecule has 1 aromatic heterocycles. The zero-order valence-electron chi connectivity index (χ0n) is 12.2. The van der Waals surface area contributed by atoms with Gasteiger partial charge in [0.15, 0.2) is 6.10 Å². The largest absolute Gasteiger partial charge is 0.479 e. The second kappa shape index (κ2) is 7.08. The van der Waals surface area contributed by atoms with Gasteiger partial charge in [0.05, 0.1) is 25.3 Å². The maximum absolute atomic E-state index is 12.0. The molecule has 22 heavy (non-hydrogen) atoms. The lowest BCUT2D eigenvalue weighted by molar-refractivity contribution is -0.148. The monoisotopic (exact) mass is 310 g/mol. The van der Waals surface area contributed by atoms with Crippen molar-refractivity contribution in [1.29, 1.82) is 0 Å². The van der Waals surface area contributed by atoms with Crippen molar-refractivity contribution >= 4 is 17.8 Å². The first-order valence-corrected chi connectivity index (χ1v) is 6.84. The molecule has 0 bridgehead atoms. The zero-order valence-corrected chi connectivity index (χ0v) is 12.2. The third-order valence-corrected chi connectivity index (χ3v) is 3.53. The second-order valence-electron chi connectivity index (χ2n) is 5.06. The van der Waals surface area contributed by atoms with Gasteiger partial charge in [-0.1, -0.05) is 0 Å². The number of carbonyl (C=O) groups is 3. The molecular formula is C14H18N2O6. The van der Waals surface area contributed by atoms with E-state index in [-0.39, 0.29) is 31.3 Å². The summed E-state index contributed by atoms with van der Waals surface area (Å²) in [5.41, 5.74) is 0. The molecule has 8 nitrogen and oxygen atoms in total. The number of carboxylic acids is 1. The molecule has 1 fully saturated rings. The summed E-state index contributed by atoms with van der Waals surface area (Å²) in [6.07, 6.45) is 0.536. The van der Waals surface area contributed by atoms with Gasteiger partial charge < -0.3 is 24.5 Å². The average molecular weight is 310 g/mol. The molecule has 1 aliphatic heterocycles. The van der Waals surface area contributed by atoms with E-state index in [0.717, 1.165) is 0 Å². The van der Waals surface area contributed by atoms with Crippen LogP contribution in [-0.4, -0.2) is 54.1 Å². The van der Waals surface area contributed by atoms with Crippen LogP contribution in [0.3, 0.4) is 0 Å². The van der Waals surface area contributed by atoms with Gasteiger partial charge in [0.1, 0.15) is 5.76 Å². The average Bonchev–Trinajstić information content (AvgIpc) is 3.10. The fraction of sp³-hybridized carbons (Fsp3) is 0.500. The minimum absolute atomic E-state index is 0.108. The van der Waals surface area contributed by atoms with Gasteiger partial charge in [-0.2, -0.15) is 0 Å². The van der Waals surface area contributed by atoms with Crippen LogP contribution in [0.25, 0.3) is 0 Å². The van der Waals surface area contributed by atoms with E-state index in [9.17, 15) is 14.4 Å². The first-order valence-electron chi connectivity index (χ1n) is 6.84. The molecule has 0 aliphatic carbocycles. The molecule has 0 aromatic carbocycles. The molecule has 0 spiro atoms. The number of carbonyl (C=O) groups excluding carboxylic acids is 2. The highest BCUT2D eigenvalue weighted by atomic mass is 16.5. The molecule has 1 saturated heterocycles. The second-order valence-corrected chi connectivity index (χ2v) is 5.06. The number of rotatable bonds is 7. The number of carboxylic acid groups (broad SMARTS) is 1. The number of nitrogens with zero attached hydrogens (tertiary/aromatic N) is 1. The molecule has 2 heterocycles. The highest BCUT2D eigenvalue weighted by Gasteiger charge is 2.35. The number of methoxy groups -OCH3 is 1. The van der Waals surface area contributed by atoms with Gasteiger partial charge in [-0.3, -0.25) is 9.59 Å². The van der Waals surface area contributed by atoms with Crippen LogP contribution in [0.4, 0.5) is 0 Å². The lowest BCUT2D eigenvalue weighted by Crippen LogP contribution is -2.41. The van der Waals surface area contributed by atoms with Crippen molar-refractivity contribution in [1.82, 2.24) is 10.2 Å². The van der Waals surface area contributed by atoms with Crippen molar-refractivity contribution in [3.8, 4) is 0 Å². The molecule has 2 unspecified atom stereocenters. The van der Waals surface area contributed by atoms with E-state index in [0.29, 0.717) is 12.3 Å². The van der Waals surface area contributed by atoms with Crippen LogP contribution in [-0.2, 0) is 25.7 Å². The molecule has 0 radical (unpaired) electrons. The van der Waals surface area contributed by atoms with Crippen LogP contribution in [0.5, 0.6) is 0 Å². The Balaban J connectivity index is 1.84. The van der Waals surface area contributed by atoms with E-state index < -0.39 is 18.0 Å². The predicted molar refractivity (Wildman–Crippen MR) is 73.7 cm³/mol. The highest BCUT2D eigenvalue weighted by molar-refractivity contribution is 5.89. The number of aliphatic carboxylic acids is 1. The maximum Gasteiger partial charge on any atom is 0.334 e. The van der Waals surface area contributed by atoms with E-state index >= 15 is 0 Å². The summed E-state index contributed by atoms with van der Waals surface area (Å²) in [6.45, 7) is 0.481. The van der Waals surface area contributed by atoms with Crippen molar-refractivity contribution < 1.29 is 28.6 Å². The van der Waals surface area contributed by atoms with Crippen LogP contribution in [0.1, 0.15) is 12.2 Å². The fourth-order valence-corrected chi connectivity index (χ4v) is 2.30. The summed E-state index contributed by atoms with van der Waals surface area (Å²) < 4.78 is 9.92. The molecule has 1 aliphatic rings. The number of amides is 2. The Kier molecular flexibility index (Phi) is 5.16. The topological polar surface area (TPSA) is 109 Å². The van der Waals surface area contributed by atoms with Crippen LogP contribution >= 0.6 is 0 Å². The summed E-state index contributed by atoms with van der Waals surface area (Å²) in [5.74, 6) is -1.46. The smallest absolute Gasteiger partial charge is 0.334 e. The Morgan fingerprint density at radius 1 is 1.59 bits per heavy atom. The Hall–Kier alpha value is -2.35.